The van der Waals surface area contributed by atoms with Crippen LogP contribution in [0.15, 0.2) is 45.6 Å². The number of benzene rings is 1. The lowest BCUT2D eigenvalue weighted by molar-refractivity contribution is -0.384. The Morgan fingerprint density at radius 3 is 2.63 bits per heavy atom. The van der Waals surface area contributed by atoms with Crippen LogP contribution in [0, 0.1) is 10.1 Å². The quantitative estimate of drug-likeness (QED) is 0.487. The van der Waals surface area contributed by atoms with Gasteiger partial charge in [-0.05, 0) is 23.6 Å². The summed E-state index contributed by atoms with van der Waals surface area (Å²) in [4.78, 5) is 37.9. The van der Waals surface area contributed by atoms with E-state index in [4.69, 9.17) is 4.52 Å². The van der Waals surface area contributed by atoms with E-state index in [0.29, 0.717) is 11.7 Å². The van der Waals surface area contributed by atoms with Gasteiger partial charge in [-0.1, -0.05) is 5.16 Å². The van der Waals surface area contributed by atoms with Crippen molar-refractivity contribution >= 4 is 28.8 Å². The Morgan fingerprint density at radius 2 is 1.96 bits per heavy atom. The number of amides is 2. The number of non-ortho nitro benzene ring substituents is 1. The monoisotopic (exact) mass is 387 g/mol. The van der Waals surface area contributed by atoms with Crippen molar-refractivity contribution in [2.24, 2.45) is 0 Å². The molecule has 0 saturated heterocycles. The number of aryl methyl sites for hydroxylation is 1. The van der Waals surface area contributed by atoms with Gasteiger partial charge in [0.25, 0.3) is 11.6 Å². The smallest absolute Gasteiger partial charge is 0.269 e. The van der Waals surface area contributed by atoms with Crippen molar-refractivity contribution < 1.29 is 19.0 Å². The minimum atomic E-state index is -0.587. The molecule has 0 saturated carbocycles. The summed E-state index contributed by atoms with van der Waals surface area (Å²) < 4.78 is 5.09. The van der Waals surface area contributed by atoms with Gasteiger partial charge in [0.2, 0.25) is 17.6 Å². The van der Waals surface area contributed by atoms with Crippen molar-refractivity contribution in [1.82, 2.24) is 21.0 Å². The number of nitro benzene ring substituents is 1. The van der Waals surface area contributed by atoms with E-state index in [0.717, 1.165) is 5.56 Å². The van der Waals surface area contributed by atoms with E-state index in [9.17, 15) is 19.7 Å². The lowest BCUT2D eigenvalue weighted by Gasteiger charge is -2.06. The van der Waals surface area contributed by atoms with Crippen LogP contribution in [0.2, 0.25) is 0 Å². The van der Waals surface area contributed by atoms with Gasteiger partial charge in [0, 0.05) is 41.5 Å². The predicted octanol–water partition coefficient (Wildman–Crippen LogP) is 2.10. The Hall–Kier alpha value is -3.60. The number of nitro groups is 1. The first-order valence-corrected chi connectivity index (χ1v) is 8.66. The SMILES string of the molecule is O=C(CCc1nc(-c2ccsc2)no1)NNC(=O)c1ccc([N+](=O)[O-])cc1. The fraction of sp³-hybridized carbons (Fsp3) is 0.125. The van der Waals surface area contributed by atoms with Crippen LogP contribution >= 0.6 is 11.3 Å². The number of nitrogens with one attached hydrogen (secondary N) is 2. The van der Waals surface area contributed by atoms with Crippen molar-refractivity contribution in [1.29, 1.82) is 0 Å². The standard InChI is InChI=1S/C16H13N5O5S/c22-13(5-6-14-17-15(20-26-14)11-7-8-27-9-11)18-19-16(23)10-1-3-12(4-2-10)21(24)25/h1-4,7-9H,5-6H2,(H,18,22)(H,19,23). The Kier molecular flexibility index (Phi) is 5.52. The van der Waals surface area contributed by atoms with Gasteiger partial charge >= 0.3 is 0 Å². The van der Waals surface area contributed by atoms with Crippen molar-refractivity contribution in [2.75, 3.05) is 0 Å². The summed E-state index contributed by atoms with van der Waals surface area (Å²) in [7, 11) is 0. The molecular formula is C16H13N5O5S. The largest absolute Gasteiger partial charge is 0.339 e. The number of hydrogen-bond donors (Lipinski definition) is 2. The number of nitrogens with zero attached hydrogens (tertiary/aromatic N) is 3. The molecule has 2 N–H and O–H groups in total. The van der Waals surface area contributed by atoms with Crippen LogP contribution in [0.4, 0.5) is 5.69 Å². The average Bonchev–Trinajstić information content (AvgIpc) is 3.35. The zero-order chi connectivity index (χ0) is 19.2. The Labute approximate surface area is 156 Å². The summed E-state index contributed by atoms with van der Waals surface area (Å²) in [6.45, 7) is 0. The summed E-state index contributed by atoms with van der Waals surface area (Å²) >= 11 is 1.51. The highest BCUT2D eigenvalue weighted by molar-refractivity contribution is 7.08. The highest BCUT2D eigenvalue weighted by atomic mass is 32.1. The molecule has 0 radical (unpaired) electrons. The topological polar surface area (TPSA) is 140 Å². The molecule has 27 heavy (non-hydrogen) atoms. The second-order valence-electron chi connectivity index (χ2n) is 5.33. The number of thiophene rings is 1. The lowest BCUT2D eigenvalue weighted by atomic mass is 10.2. The molecule has 2 amide bonds. The summed E-state index contributed by atoms with van der Waals surface area (Å²) in [6.07, 6.45) is 0.252. The van der Waals surface area contributed by atoms with E-state index < -0.39 is 16.7 Å². The van der Waals surface area contributed by atoms with Gasteiger partial charge in [-0.2, -0.15) is 16.3 Å². The van der Waals surface area contributed by atoms with Gasteiger partial charge in [0.05, 0.1) is 4.92 Å². The van der Waals surface area contributed by atoms with Crippen LogP contribution in [0.1, 0.15) is 22.7 Å². The van der Waals surface area contributed by atoms with Crippen LogP contribution in [0.25, 0.3) is 11.4 Å². The van der Waals surface area contributed by atoms with Crippen LogP contribution in [0.5, 0.6) is 0 Å². The Morgan fingerprint density at radius 1 is 1.19 bits per heavy atom. The molecule has 3 rings (SSSR count). The molecule has 11 heteroatoms. The van der Waals surface area contributed by atoms with Gasteiger partial charge in [-0.25, -0.2) is 0 Å². The number of aromatic nitrogens is 2. The van der Waals surface area contributed by atoms with E-state index in [2.05, 4.69) is 21.0 Å². The normalized spacial score (nSPS) is 10.4. The molecule has 0 atom stereocenters. The maximum absolute atomic E-state index is 11.9. The van der Waals surface area contributed by atoms with Crippen molar-refractivity contribution in [3.8, 4) is 11.4 Å². The van der Waals surface area contributed by atoms with Crippen molar-refractivity contribution in [3.63, 3.8) is 0 Å². The Bertz CT molecular complexity index is 952. The van der Waals surface area contributed by atoms with Crippen molar-refractivity contribution in [2.45, 2.75) is 12.8 Å². The number of carbonyl (C=O) groups excluding carboxylic acids is 2. The van der Waals surface area contributed by atoms with Crippen LogP contribution in [-0.4, -0.2) is 26.9 Å². The van der Waals surface area contributed by atoms with Gasteiger partial charge in [0.1, 0.15) is 0 Å². The van der Waals surface area contributed by atoms with Gasteiger partial charge < -0.3 is 4.52 Å². The van der Waals surface area contributed by atoms with Crippen molar-refractivity contribution in [3.05, 3.63) is 62.7 Å². The number of carbonyl (C=O) groups is 2. The molecule has 0 aliphatic rings. The summed E-state index contributed by atoms with van der Waals surface area (Å²) in [5, 5.41) is 18.2. The first-order chi connectivity index (χ1) is 13.0. The first-order valence-electron chi connectivity index (χ1n) is 7.72. The molecule has 10 nitrogen and oxygen atoms in total. The molecule has 0 spiro atoms. The molecule has 1 aromatic carbocycles. The molecular weight excluding hydrogens is 374 g/mol. The minimum Gasteiger partial charge on any atom is -0.339 e. The third kappa shape index (κ3) is 4.73. The predicted molar refractivity (Wildman–Crippen MR) is 94.6 cm³/mol. The van der Waals surface area contributed by atoms with Crippen LogP contribution < -0.4 is 10.9 Å². The fourth-order valence-electron chi connectivity index (χ4n) is 2.08. The van der Waals surface area contributed by atoms with E-state index in [-0.39, 0.29) is 24.1 Å². The van der Waals surface area contributed by atoms with Gasteiger partial charge in [-0.15, -0.1) is 0 Å². The lowest BCUT2D eigenvalue weighted by Crippen LogP contribution is -2.41. The van der Waals surface area contributed by atoms with Gasteiger partial charge in [-0.3, -0.25) is 30.6 Å². The minimum absolute atomic E-state index is 0.0335. The number of hydrogen-bond acceptors (Lipinski definition) is 8. The van der Waals surface area contributed by atoms with E-state index in [1.54, 1.807) is 0 Å². The number of hydrazine groups is 1. The van der Waals surface area contributed by atoms with E-state index >= 15 is 0 Å². The first kappa shape index (κ1) is 18.2. The third-order valence-electron chi connectivity index (χ3n) is 3.47. The molecule has 0 aliphatic carbocycles. The molecule has 0 bridgehead atoms. The third-order valence-corrected chi connectivity index (χ3v) is 4.15. The molecule has 0 aliphatic heterocycles. The highest BCUT2D eigenvalue weighted by Gasteiger charge is 2.13. The average molecular weight is 387 g/mol. The number of rotatable bonds is 6. The van der Waals surface area contributed by atoms with E-state index in [1.165, 1.54) is 35.6 Å². The fourth-order valence-corrected chi connectivity index (χ4v) is 2.72. The Balaban J connectivity index is 1.45. The second kappa shape index (κ2) is 8.19. The molecule has 2 aromatic heterocycles. The summed E-state index contributed by atoms with van der Waals surface area (Å²) in [5.41, 5.74) is 5.39. The summed E-state index contributed by atoms with van der Waals surface area (Å²) in [6, 6.07) is 6.86. The molecule has 0 fully saturated rings. The maximum Gasteiger partial charge on any atom is 0.269 e. The second-order valence-corrected chi connectivity index (χ2v) is 6.11. The zero-order valence-corrected chi connectivity index (χ0v) is 14.6. The molecule has 3 aromatic rings. The van der Waals surface area contributed by atoms with Crippen LogP contribution in [0.3, 0.4) is 0 Å². The highest BCUT2D eigenvalue weighted by Crippen LogP contribution is 2.19. The maximum atomic E-state index is 11.9. The van der Waals surface area contributed by atoms with Gasteiger partial charge in [0.15, 0.2) is 0 Å². The molecule has 0 unspecified atom stereocenters. The molecule has 138 valence electrons. The summed E-state index contributed by atoms with van der Waals surface area (Å²) in [5.74, 6) is -0.262. The zero-order valence-electron chi connectivity index (χ0n) is 13.7. The van der Waals surface area contributed by atoms with Crippen LogP contribution in [-0.2, 0) is 11.2 Å². The molecule has 2 heterocycles. The van der Waals surface area contributed by atoms with E-state index in [1.807, 2.05) is 16.8 Å².